The van der Waals surface area contributed by atoms with Crippen LogP contribution in [0.25, 0.3) is 0 Å². The topological polar surface area (TPSA) is 151 Å². The Morgan fingerprint density at radius 1 is 1.33 bits per heavy atom. The summed E-state index contributed by atoms with van der Waals surface area (Å²) in [6.07, 6.45) is 0.720. The molecule has 194 valence electrons. The number of hydrogen-bond donors (Lipinski definition) is 3. The maximum atomic E-state index is 12.6. The molecule has 1 saturated heterocycles. The highest BCUT2D eigenvalue weighted by atomic mass is 19.3. The molecule has 2 aromatic heterocycles. The fourth-order valence-corrected chi connectivity index (χ4v) is 3.26. The second kappa shape index (κ2) is 14.6. The number of halogens is 2. The van der Waals surface area contributed by atoms with Crippen LogP contribution in [0.4, 0.5) is 20.3 Å². The van der Waals surface area contributed by atoms with Crippen LogP contribution in [-0.2, 0) is 9.53 Å². The monoisotopic (exact) mass is 504 g/mol. The van der Waals surface area contributed by atoms with E-state index in [-0.39, 0.29) is 31.4 Å². The number of hydrogen-bond acceptors (Lipinski definition) is 10. The Kier molecular flexibility index (Phi) is 11.5. The molecule has 3 N–H and O–H groups in total. The zero-order chi connectivity index (χ0) is 26.5. The normalized spacial score (nSPS) is 14.4. The van der Waals surface area contributed by atoms with Gasteiger partial charge in [0, 0.05) is 44.8 Å². The molecule has 0 aliphatic carbocycles. The first-order valence-electron chi connectivity index (χ1n) is 11.3. The Hall–Kier alpha value is -3.76. The van der Waals surface area contributed by atoms with Crippen molar-refractivity contribution in [3.63, 3.8) is 0 Å². The van der Waals surface area contributed by atoms with Gasteiger partial charge in [-0.05, 0) is 26.1 Å². The molecule has 0 aromatic carbocycles. The van der Waals surface area contributed by atoms with Gasteiger partial charge in [-0.2, -0.15) is 10.4 Å². The molecule has 0 saturated carbocycles. The van der Waals surface area contributed by atoms with Crippen molar-refractivity contribution < 1.29 is 18.3 Å². The first-order chi connectivity index (χ1) is 17.3. The number of carbonyl (C=O) groups excluding carboxylic acids is 1. The Morgan fingerprint density at radius 2 is 2.06 bits per heavy atom. The van der Waals surface area contributed by atoms with E-state index in [0.717, 1.165) is 44.5 Å². The summed E-state index contributed by atoms with van der Waals surface area (Å²) in [5.41, 5.74) is -1.72. The van der Waals surface area contributed by atoms with E-state index in [4.69, 9.17) is 15.4 Å². The Balaban J connectivity index is 0.000000267. The summed E-state index contributed by atoms with van der Waals surface area (Å²) in [7, 11) is 2.13. The van der Waals surface area contributed by atoms with Crippen molar-refractivity contribution in [2.45, 2.75) is 25.8 Å². The number of aldehydes is 1. The predicted molar refractivity (Wildman–Crippen MR) is 131 cm³/mol. The van der Waals surface area contributed by atoms with E-state index in [9.17, 15) is 18.4 Å². The highest BCUT2D eigenvalue weighted by molar-refractivity contribution is 6.04. The molecular weight excluding hydrogens is 474 g/mol. The summed E-state index contributed by atoms with van der Waals surface area (Å²) in [6, 6.07) is 5.50. The minimum Gasteiger partial charge on any atom is -0.379 e. The lowest BCUT2D eigenvalue weighted by atomic mass is 10.1. The summed E-state index contributed by atoms with van der Waals surface area (Å²) in [5.74, 6) is 0.974. The Bertz CT molecular complexity index is 1080. The van der Waals surface area contributed by atoms with Gasteiger partial charge in [-0.25, -0.2) is 18.9 Å². The summed E-state index contributed by atoms with van der Waals surface area (Å²) in [6.45, 7) is 6.33. The number of likely N-dealkylation sites (N-methyl/N-ethyl adjacent to an activating group) is 1. The van der Waals surface area contributed by atoms with Crippen molar-refractivity contribution in [3.8, 4) is 6.07 Å². The van der Waals surface area contributed by atoms with Gasteiger partial charge in [-0.1, -0.05) is 0 Å². The molecular formula is C23H30F2N8O3. The van der Waals surface area contributed by atoms with Gasteiger partial charge in [-0.3, -0.25) is 10.2 Å². The summed E-state index contributed by atoms with van der Waals surface area (Å²) in [4.78, 5) is 30.5. The van der Waals surface area contributed by atoms with E-state index >= 15 is 0 Å². The van der Waals surface area contributed by atoms with E-state index in [1.165, 1.54) is 0 Å². The van der Waals surface area contributed by atoms with Gasteiger partial charge < -0.3 is 24.6 Å². The summed E-state index contributed by atoms with van der Waals surface area (Å²) in [5, 5.41) is 24.3. The highest BCUT2D eigenvalue weighted by Crippen LogP contribution is 2.15. The van der Waals surface area contributed by atoms with Crippen LogP contribution in [-0.4, -0.2) is 91.0 Å². The fourth-order valence-electron chi connectivity index (χ4n) is 3.26. The lowest BCUT2D eigenvalue weighted by molar-refractivity contribution is -0.108. The van der Waals surface area contributed by atoms with Crippen LogP contribution in [0.15, 0.2) is 29.3 Å². The highest BCUT2D eigenvalue weighted by Gasteiger charge is 2.21. The molecule has 36 heavy (non-hydrogen) atoms. The molecule has 13 heteroatoms. The molecule has 1 fully saturated rings. The number of H-pyrrole nitrogens is 1. The summed E-state index contributed by atoms with van der Waals surface area (Å²) < 4.78 is 30.4. The van der Waals surface area contributed by atoms with Gasteiger partial charge in [0.1, 0.15) is 23.9 Å². The minimum atomic E-state index is -3.06. The van der Waals surface area contributed by atoms with Crippen LogP contribution in [0.2, 0.25) is 0 Å². The van der Waals surface area contributed by atoms with Crippen molar-refractivity contribution >= 4 is 23.5 Å². The first kappa shape index (κ1) is 28.5. The maximum Gasteiger partial charge on any atom is 0.280 e. The second-order valence-electron chi connectivity index (χ2n) is 8.09. The van der Waals surface area contributed by atoms with E-state index in [1.807, 2.05) is 17.2 Å². The van der Waals surface area contributed by atoms with Gasteiger partial charge >= 0.3 is 0 Å². The van der Waals surface area contributed by atoms with E-state index in [1.54, 1.807) is 13.1 Å². The predicted octanol–water partition coefficient (Wildman–Crippen LogP) is 1.51. The average Bonchev–Trinajstić information content (AvgIpc) is 2.87. The third-order valence-electron chi connectivity index (χ3n) is 5.20. The van der Waals surface area contributed by atoms with Crippen molar-refractivity contribution in [1.29, 1.82) is 10.7 Å². The third kappa shape index (κ3) is 8.79. The van der Waals surface area contributed by atoms with Crippen LogP contribution in [0.5, 0.6) is 0 Å². The molecule has 11 nitrogen and oxygen atoms in total. The molecule has 3 rings (SSSR count). The quantitative estimate of drug-likeness (QED) is 0.248. The fraction of sp³-hybridized carbons (Fsp3) is 0.478. The number of nitrogens with zero attached hydrogens (tertiary/aromatic N) is 5. The lowest BCUT2D eigenvalue weighted by Gasteiger charge is -2.33. The largest absolute Gasteiger partial charge is 0.379 e. The second-order valence-corrected chi connectivity index (χ2v) is 8.09. The molecule has 1 unspecified atom stereocenters. The van der Waals surface area contributed by atoms with Crippen LogP contribution in [0.3, 0.4) is 0 Å². The van der Waals surface area contributed by atoms with E-state index < -0.39 is 23.3 Å². The Labute approximate surface area is 207 Å². The minimum absolute atomic E-state index is 0.0375. The molecule has 0 spiro atoms. The molecule has 0 bridgehead atoms. The number of alkyl halides is 2. The number of anilines is 2. The van der Waals surface area contributed by atoms with Gasteiger partial charge in [-0.15, -0.1) is 0 Å². The van der Waals surface area contributed by atoms with E-state index in [2.05, 4.69) is 38.3 Å². The maximum absolute atomic E-state index is 12.6. The third-order valence-corrected chi connectivity index (χ3v) is 5.20. The molecule has 1 atom stereocenters. The van der Waals surface area contributed by atoms with Crippen molar-refractivity contribution in [2.75, 3.05) is 56.7 Å². The summed E-state index contributed by atoms with van der Waals surface area (Å²) >= 11 is 0. The van der Waals surface area contributed by atoms with Crippen molar-refractivity contribution in [1.82, 2.24) is 20.1 Å². The zero-order valence-corrected chi connectivity index (χ0v) is 20.2. The van der Waals surface area contributed by atoms with Gasteiger partial charge in [0.15, 0.2) is 0 Å². The van der Waals surface area contributed by atoms with Gasteiger partial charge in [0.25, 0.3) is 12.0 Å². The number of aromatic amines is 1. The molecule has 1 aliphatic rings. The Morgan fingerprint density at radius 3 is 2.64 bits per heavy atom. The lowest BCUT2D eigenvalue weighted by Crippen LogP contribution is -2.44. The number of rotatable bonds is 10. The molecule has 0 radical (unpaired) electrons. The van der Waals surface area contributed by atoms with Gasteiger partial charge in [0.05, 0.1) is 36.2 Å². The molecule has 0 amide bonds. The number of pyridine rings is 1. The average molecular weight is 505 g/mol. The number of ether oxygens (including phenoxy) is 1. The number of piperazine rings is 1. The number of aromatic nitrogens is 3. The number of nitriles is 1. The van der Waals surface area contributed by atoms with Crippen LogP contribution >= 0.6 is 0 Å². The zero-order valence-electron chi connectivity index (χ0n) is 20.2. The van der Waals surface area contributed by atoms with Crippen LogP contribution in [0.1, 0.15) is 24.5 Å². The van der Waals surface area contributed by atoms with E-state index in [0.29, 0.717) is 5.56 Å². The van der Waals surface area contributed by atoms with Gasteiger partial charge in [0.2, 0.25) is 0 Å². The standard InChI is InChI=1S/C12H16F2N4O3.C11H14N4/c1-7(6-21-4-2-3-19)17-8-5-16-18-12(20)9(8)10(15)11(13)14;1-14-4-6-15(7-5-14)11-3-2-10(8-12)9-13-11/h3,5,7,11,15H,2,4,6H2,1H3,(H2,17,18,20);2-3,9H,4-7H2,1H3. The molecule has 3 heterocycles. The van der Waals surface area contributed by atoms with Crippen LogP contribution in [0, 0.1) is 16.7 Å². The number of carbonyl (C=O) groups is 1. The molecule has 1 aliphatic heterocycles. The number of nitrogens with one attached hydrogen (secondary N) is 3. The van der Waals surface area contributed by atoms with Crippen molar-refractivity contribution in [3.05, 3.63) is 46.0 Å². The smallest absolute Gasteiger partial charge is 0.280 e. The van der Waals surface area contributed by atoms with Crippen molar-refractivity contribution in [2.24, 2.45) is 0 Å². The first-order valence-corrected chi connectivity index (χ1v) is 11.3. The SMILES string of the molecule is CC(COCCC=O)Nc1cn[nH]c(=O)c1C(=N)C(F)F.CN1CCN(c2ccc(C#N)cn2)CC1. The van der Waals surface area contributed by atoms with Crippen LogP contribution < -0.4 is 15.8 Å². The molecule has 2 aromatic rings.